The Morgan fingerprint density at radius 2 is 2.38 bits per heavy atom. The predicted molar refractivity (Wildman–Crippen MR) is 94.4 cm³/mol. The van der Waals surface area contributed by atoms with Gasteiger partial charge in [-0.1, -0.05) is 19.1 Å². The molecule has 2 heterocycles. The Morgan fingerprint density at radius 3 is 3.08 bits per heavy atom. The molecule has 6 nitrogen and oxygen atoms in total. The van der Waals surface area contributed by atoms with E-state index in [1.54, 1.807) is 6.33 Å². The summed E-state index contributed by atoms with van der Waals surface area (Å²) in [6, 6.07) is 7.74. The maximum Gasteiger partial charge on any atom is 0.224 e. The van der Waals surface area contributed by atoms with Crippen molar-refractivity contribution in [1.29, 1.82) is 0 Å². The minimum atomic E-state index is 0.0724. The van der Waals surface area contributed by atoms with E-state index in [4.69, 9.17) is 0 Å². The van der Waals surface area contributed by atoms with Gasteiger partial charge in [0.2, 0.25) is 5.91 Å². The van der Waals surface area contributed by atoms with Gasteiger partial charge in [0.15, 0.2) is 5.82 Å². The van der Waals surface area contributed by atoms with Gasteiger partial charge in [0, 0.05) is 24.7 Å². The summed E-state index contributed by atoms with van der Waals surface area (Å²) in [6.07, 6.45) is 4.64. The number of piperidine rings is 1. The molecule has 0 bridgehead atoms. The van der Waals surface area contributed by atoms with E-state index in [1.807, 2.05) is 35.9 Å². The zero-order chi connectivity index (χ0) is 16.9. The van der Waals surface area contributed by atoms with E-state index in [-0.39, 0.29) is 5.91 Å². The van der Waals surface area contributed by atoms with Crippen LogP contribution < -0.4 is 10.6 Å². The number of nitrogens with zero attached hydrogens (tertiary/aromatic N) is 3. The number of benzene rings is 1. The molecule has 2 N–H and O–H groups in total. The van der Waals surface area contributed by atoms with Crippen molar-refractivity contribution in [2.24, 2.45) is 18.9 Å². The zero-order valence-electron chi connectivity index (χ0n) is 14.3. The molecule has 6 heteroatoms. The molecule has 1 aliphatic rings. The molecule has 1 aromatic carbocycles. The van der Waals surface area contributed by atoms with E-state index in [0.29, 0.717) is 18.3 Å². The maximum absolute atomic E-state index is 12.4. The molecule has 0 radical (unpaired) electrons. The summed E-state index contributed by atoms with van der Waals surface area (Å²) in [6.45, 7) is 4.30. The van der Waals surface area contributed by atoms with Gasteiger partial charge in [0.1, 0.15) is 6.33 Å². The number of aromatic nitrogens is 3. The second-order valence-electron chi connectivity index (χ2n) is 6.68. The van der Waals surface area contributed by atoms with Gasteiger partial charge >= 0.3 is 0 Å². The summed E-state index contributed by atoms with van der Waals surface area (Å²) in [5, 5.41) is 14.4. The van der Waals surface area contributed by atoms with Crippen molar-refractivity contribution in [2.75, 3.05) is 18.4 Å². The fourth-order valence-electron chi connectivity index (χ4n) is 3.32. The molecule has 0 spiro atoms. The Kier molecular flexibility index (Phi) is 5.25. The SMILES string of the molecule is CC(CC(=O)Nc1cccc(-c2nncn2C)c1)C1CCCNC1. The molecular weight excluding hydrogens is 302 g/mol. The molecule has 1 amide bonds. The van der Waals surface area contributed by atoms with Gasteiger partial charge in [-0.15, -0.1) is 10.2 Å². The molecule has 2 atom stereocenters. The second kappa shape index (κ2) is 7.57. The highest BCUT2D eigenvalue weighted by atomic mass is 16.1. The van der Waals surface area contributed by atoms with Crippen LogP contribution in [0.25, 0.3) is 11.4 Å². The van der Waals surface area contributed by atoms with Crippen LogP contribution in [0, 0.1) is 11.8 Å². The molecule has 0 saturated carbocycles. The average molecular weight is 327 g/mol. The van der Waals surface area contributed by atoms with Crippen molar-refractivity contribution >= 4 is 11.6 Å². The Bertz CT molecular complexity index is 690. The first-order valence-corrected chi connectivity index (χ1v) is 8.58. The summed E-state index contributed by atoms with van der Waals surface area (Å²) in [5.74, 6) is 1.84. The van der Waals surface area contributed by atoms with Crippen LogP contribution in [0.4, 0.5) is 5.69 Å². The van der Waals surface area contributed by atoms with Crippen LogP contribution >= 0.6 is 0 Å². The van der Waals surface area contributed by atoms with Gasteiger partial charge in [0.25, 0.3) is 0 Å². The molecule has 1 fully saturated rings. The van der Waals surface area contributed by atoms with E-state index in [9.17, 15) is 4.79 Å². The van der Waals surface area contributed by atoms with E-state index < -0.39 is 0 Å². The van der Waals surface area contributed by atoms with Gasteiger partial charge in [-0.05, 0) is 49.9 Å². The number of carbonyl (C=O) groups is 1. The van der Waals surface area contributed by atoms with Crippen LogP contribution in [0.15, 0.2) is 30.6 Å². The largest absolute Gasteiger partial charge is 0.326 e. The number of rotatable bonds is 5. The van der Waals surface area contributed by atoms with Crippen LogP contribution in [0.2, 0.25) is 0 Å². The number of nitrogens with one attached hydrogen (secondary N) is 2. The second-order valence-corrected chi connectivity index (χ2v) is 6.68. The van der Waals surface area contributed by atoms with Crippen molar-refractivity contribution in [2.45, 2.75) is 26.2 Å². The van der Waals surface area contributed by atoms with E-state index >= 15 is 0 Å². The first-order valence-electron chi connectivity index (χ1n) is 8.58. The van der Waals surface area contributed by atoms with Crippen LogP contribution in [0.1, 0.15) is 26.2 Å². The maximum atomic E-state index is 12.4. The topological polar surface area (TPSA) is 71.8 Å². The molecule has 3 rings (SSSR count). The van der Waals surface area contributed by atoms with Crippen molar-refractivity contribution in [3.63, 3.8) is 0 Å². The fraction of sp³-hybridized carbons (Fsp3) is 0.500. The van der Waals surface area contributed by atoms with Gasteiger partial charge in [-0.2, -0.15) is 0 Å². The van der Waals surface area contributed by atoms with Gasteiger partial charge in [-0.3, -0.25) is 4.79 Å². The zero-order valence-corrected chi connectivity index (χ0v) is 14.3. The molecule has 2 aromatic rings. The highest BCUT2D eigenvalue weighted by Crippen LogP contribution is 2.24. The summed E-state index contributed by atoms with van der Waals surface area (Å²) in [5.41, 5.74) is 1.74. The Hall–Kier alpha value is -2.21. The van der Waals surface area contributed by atoms with Gasteiger partial charge in [-0.25, -0.2) is 0 Å². The molecular formula is C18H25N5O. The van der Waals surface area contributed by atoms with Crippen LogP contribution in [0.5, 0.6) is 0 Å². The van der Waals surface area contributed by atoms with Crippen molar-refractivity contribution in [3.8, 4) is 11.4 Å². The quantitative estimate of drug-likeness (QED) is 0.885. The highest BCUT2D eigenvalue weighted by molar-refractivity contribution is 5.91. The fourth-order valence-corrected chi connectivity index (χ4v) is 3.32. The van der Waals surface area contributed by atoms with E-state index in [0.717, 1.165) is 30.2 Å². The van der Waals surface area contributed by atoms with E-state index in [2.05, 4.69) is 27.8 Å². The third-order valence-electron chi connectivity index (χ3n) is 4.76. The normalized spacial score (nSPS) is 19.0. The van der Waals surface area contributed by atoms with Crippen LogP contribution in [-0.4, -0.2) is 33.8 Å². The molecule has 0 aliphatic carbocycles. The summed E-state index contributed by atoms with van der Waals surface area (Å²) in [4.78, 5) is 12.4. The highest BCUT2D eigenvalue weighted by Gasteiger charge is 2.22. The minimum Gasteiger partial charge on any atom is -0.326 e. The number of amides is 1. The smallest absolute Gasteiger partial charge is 0.224 e. The molecule has 2 unspecified atom stereocenters. The molecule has 1 aliphatic heterocycles. The third kappa shape index (κ3) is 4.00. The number of carbonyl (C=O) groups excluding carboxylic acids is 1. The molecule has 1 saturated heterocycles. The van der Waals surface area contributed by atoms with Crippen LogP contribution in [0.3, 0.4) is 0 Å². The molecule has 128 valence electrons. The third-order valence-corrected chi connectivity index (χ3v) is 4.76. The summed E-state index contributed by atoms with van der Waals surface area (Å²) in [7, 11) is 1.90. The Labute approximate surface area is 142 Å². The Balaban J connectivity index is 1.61. The van der Waals surface area contributed by atoms with Crippen molar-refractivity contribution < 1.29 is 4.79 Å². The molecule has 24 heavy (non-hydrogen) atoms. The van der Waals surface area contributed by atoms with Crippen molar-refractivity contribution in [3.05, 3.63) is 30.6 Å². The Morgan fingerprint density at radius 1 is 1.50 bits per heavy atom. The lowest BCUT2D eigenvalue weighted by Gasteiger charge is -2.28. The number of aryl methyl sites for hydroxylation is 1. The summed E-state index contributed by atoms with van der Waals surface area (Å²) < 4.78 is 1.86. The lowest BCUT2D eigenvalue weighted by atomic mass is 9.85. The summed E-state index contributed by atoms with van der Waals surface area (Å²) >= 11 is 0. The average Bonchev–Trinajstić information content (AvgIpc) is 3.02. The predicted octanol–water partition coefficient (Wildman–Crippen LogP) is 2.45. The number of hydrogen-bond acceptors (Lipinski definition) is 4. The lowest BCUT2D eigenvalue weighted by Crippen LogP contribution is -2.34. The monoisotopic (exact) mass is 327 g/mol. The standard InChI is InChI=1S/C18H25N5O/c1-13(15-6-4-8-19-11-15)9-17(24)21-16-7-3-5-14(10-16)18-22-20-12-23(18)2/h3,5,7,10,12-13,15,19H,4,6,8-9,11H2,1-2H3,(H,21,24). The molecule has 1 aromatic heterocycles. The van der Waals surface area contributed by atoms with Crippen LogP contribution in [-0.2, 0) is 11.8 Å². The first kappa shape index (κ1) is 16.6. The first-order chi connectivity index (χ1) is 11.6. The minimum absolute atomic E-state index is 0.0724. The number of hydrogen-bond donors (Lipinski definition) is 2. The van der Waals surface area contributed by atoms with Crippen molar-refractivity contribution in [1.82, 2.24) is 20.1 Å². The number of anilines is 1. The van der Waals surface area contributed by atoms with E-state index in [1.165, 1.54) is 12.8 Å². The lowest BCUT2D eigenvalue weighted by molar-refractivity contribution is -0.117. The van der Waals surface area contributed by atoms with Gasteiger partial charge in [0.05, 0.1) is 0 Å². The van der Waals surface area contributed by atoms with Gasteiger partial charge < -0.3 is 15.2 Å².